The third kappa shape index (κ3) is 3.35. The predicted octanol–water partition coefficient (Wildman–Crippen LogP) is 2.79. The van der Waals surface area contributed by atoms with Crippen LogP contribution in [0.25, 0.3) is 0 Å². The summed E-state index contributed by atoms with van der Waals surface area (Å²) in [6.45, 7) is 3.34. The zero-order chi connectivity index (χ0) is 14.4. The molecule has 0 aliphatic rings. The standard InChI is InChI=1S/C16H19N3O/c1-3-18-15-11-17-10-9-14(15)16(20)19(2)12-13-7-5-4-6-8-13/h4-11,18H,3,12H2,1-2H3. The number of aromatic nitrogens is 1. The third-order valence-corrected chi connectivity index (χ3v) is 3.03. The van der Waals surface area contributed by atoms with Crippen molar-refractivity contribution in [3.05, 3.63) is 59.9 Å². The molecule has 0 bridgehead atoms. The van der Waals surface area contributed by atoms with Crippen molar-refractivity contribution < 1.29 is 4.79 Å². The largest absolute Gasteiger partial charge is 0.383 e. The first kappa shape index (κ1) is 14.1. The van der Waals surface area contributed by atoms with Gasteiger partial charge in [0.1, 0.15) is 0 Å². The van der Waals surface area contributed by atoms with Crippen molar-refractivity contribution in [3.8, 4) is 0 Å². The van der Waals surface area contributed by atoms with Crippen LogP contribution in [0.15, 0.2) is 48.8 Å². The second-order valence-corrected chi connectivity index (χ2v) is 4.60. The molecular formula is C16H19N3O. The highest BCUT2D eigenvalue weighted by atomic mass is 16.2. The van der Waals surface area contributed by atoms with Gasteiger partial charge >= 0.3 is 0 Å². The summed E-state index contributed by atoms with van der Waals surface area (Å²) in [6, 6.07) is 11.7. The molecule has 0 radical (unpaired) electrons. The monoisotopic (exact) mass is 269 g/mol. The lowest BCUT2D eigenvalue weighted by atomic mass is 10.1. The van der Waals surface area contributed by atoms with Gasteiger partial charge in [-0.1, -0.05) is 30.3 Å². The van der Waals surface area contributed by atoms with Gasteiger partial charge in [0, 0.05) is 26.3 Å². The molecule has 2 aromatic rings. The molecule has 0 saturated carbocycles. The number of amides is 1. The lowest BCUT2D eigenvalue weighted by Gasteiger charge is -2.19. The van der Waals surface area contributed by atoms with Crippen molar-refractivity contribution >= 4 is 11.6 Å². The summed E-state index contributed by atoms with van der Waals surface area (Å²) in [7, 11) is 1.81. The van der Waals surface area contributed by atoms with Gasteiger partial charge in [0.15, 0.2) is 0 Å². The summed E-state index contributed by atoms with van der Waals surface area (Å²) >= 11 is 0. The van der Waals surface area contributed by atoms with E-state index in [1.165, 1.54) is 0 Å². The van der Waals surface area contributed by atoms with Gasteiger partial charge in [-0.15, -0.1) is 0 Å². The summed E-state index contributed by atoms with van der Waals surface area (Å²) in [5.74, 6) is -0.00722. The fraction of sp³-hybridized carbons (Fsp3) is 0.250. The van der Waals surface area contributed by atoms with Gasteiger partial charge in [0.05, 0.1) is 17.4 Å². The SMILES string of the molecule is CCNc1cnccc1C(=O)N(C)Cc1ccccc1. The normalized spacial score (nSPS) is 10.1. The minimum atomic E-state index is -0.00722. The van der Waals surface area contributed by atoms with E-state index in [-0.39, 0.29) is 5.91 Å². The summed E-state index contributed by atoms with van der Waals surface area (Å²) in [4.78, 5) is 18.3. The Morgan fingerprint density at radius 2 is 2.00 bits per heavy atom. The molecule has 1 heterocycles. The van der Waals surface area contributed by atoms with Crippen LogP contribution in [0.3, 0.4) is 0 Å². The summed E-state index contributed by atoms with van der Waals surface area (Å²) in [5.41, 5.74) is 2.54. The number of nitrogens with one attached hydrogen (secondary N) is 1. The molecule has 0 fully saturated rings. The van der Waals surface area contributed by atoms with Gasteiger partial charge in [-0.25, -0.2) is 0 Å². The molecule has 20 heavy (non-hydrogen) atoms. The average Bonchev–Trinajstić information content (AvgIpc) is 2.48. The van der Waals surface area contributed by atoms with Crippen molar-refractivity contribution in [1.82, 2.24) is 9.88 Å². The summed E-state index contributed by atoms with van der Waals surface area (Å²) in [5, 5.41) is 3.17. The van der Waals surface area contributed by atoms with Gasteiger partial charge in [-0.05, 0) is 18.6 Å². The second kappa shape index (κ2) is 6.70. The van der Waals surface area contributed by atoms with E-state index in [2.05, 4.69) is 10.3 Å². The average molecular weight is 269 g/mol. The first-order valence-electron chi connectivity index (χ1n) is 6.69. The molecule has 1 aromatic heterocycles. The zero-order valence-electron chi connectivity index (χ0n) is 11.8. The number of rotatable bonds is 5. The topological polar surface area (TPSA) is 45.2 Å². The maximum absolute atomic E-state index is 12.5. The summed E-state index contributed by atoms with van der Waals surface area (Å²) < 4.78 is 0. The van der Waals surface area contributed by atoms with Gasteiger partial charge in [0.25, 0.3) is 5.91 Å². The second-order valence-electron chi connectivity index (χ2n) is 4.60. The smallest absolute Gasteiger partial charge is 0.256 e. The van der Waals surface area contributed by atoms with E-state index in [9.17, 15) is 4.79 Å². The van der Waals surface area contributed by atoms with E-state index in [1.54, 1.807) is 23.4 Å². The Kier molecular flexibility index (Phi) is 4.71. The van der Waals surface area contributed by atoms with Gasteiger partial charge in [0.2, 0.25) is 0 Å². The molecule has 4 nitrogen and oxygen atoms in total. The number of hydrogen-bond acceptors (Lipinski definition) is 3. The van der Waals surface area contributed by atoms with E-state index < -0.39 is 0 Å². The lowest BCUT2D eigenvalue weighted by Crippen LogP contribution is -2.27. The molecule has 0 saturated heterocycles. The quantitative estimate of drug-likeness (QED) is 0.907. The number of carbonyl (C=O) groups is 1. The lowest BCUT2D eigenvalue weighted by molar-refractivity contribution is 0.0786. The van der Waals surface area contributed by atoms with Crippen LogP contribution in [0, 0.1) is 0 Å². The van der Waals surface area contributed by atoms with E-state index in [0.29, 0.717) is 12.1 Å². The molecule has 0 unspecified atom stereocenters. The zero-order valence-corrected chi connectivity index (χ0v) is 11.8. The minimum Gasteiger partial charge on any atom is -0.383 e. The van der Waals surface area contributed by atoms with E-state index in [4.69, 9.17) is 0 Å². The van der Waals surface area contributed by atoms with Crippen molar-refractivity contribution in [3.63, 3.8) is 0 Å². The highest BCUT2D eigenvalue weighted by Gasteiger charge is 2.15. The Labute approximate surface area is 119 Å². The van der Waals surface area contributed by atoms with Crippen LogP contribution in [0.4, 0.5) is 5.69 Å². The Bertz CT molecular complexity index is 569. The van der Waals surface area contributed by atoms with Crippen LogP contribution in [-0.2, 0) is 6.54 Å². The molecule has 0 spiro atoms. The highest BCUT2D eigenvalue weighted by Crippen LogP contribution is 2.16. The molecule has 2 rings (SSSR count). The molecule has 0 atom stereocenters. The fourth-order valence-corrected chi connectivity index (χ4v) is 2.05. The van der Waals surface area contributed by atoms with Gasteiger partial charge in [-0.2, -0.15) is 0 Å². The van der Waals surface area contributed by atoms with E-state index in [1.807, 2.05) is 44.3 Å². The van der Waals surface area contributed by atoms with Crippen molar-refractivity contribution in [2.45, 2.75) is 13.5 Å². The maximum atomic E-state index is 12.5. The predicted molar refractivity (Wildman–Crippen MR) is 80.6 cm³/mol. The number of nitrogens with zero attached hydrogens (tertiary/aromatic N) is 2. The highest BCUT2D eigenvalue weighted by molar-refractivity contribution is 5.99. The molecule has 4 heteroatoms. The molecular weight excluding hydrogens is 250 g/mol. The third-order valence-electron chi connectivity index (χ3n) is 3.03. The number of hydrogen-bond donors (Lipinski definition) is 1. The van der Waals surface area contributed by atoms with Crippen LogP contribution >= 0.6 is 0 Å². The van der Waals surface area contributed by atoms with E-state index >= 15 is 0 Å². The van der Waals surface area contributed by atoms with Crippen LogP contribution < -0.4 is 5.32 Å². The number of carbonyl (C=O) groups excluding carboxylic acids is 1. The van der Waals surface area contributed by atoms with Crippen LogP contribution in [0.1, 0.15) is 22.8 Å². The van der Waals surface area contributed by atoms with Crippen LogP contribution in [0.5, 0.6) is 0 Å². The minimum absolute atomic E-state index is 0.00722. The molecule has 0 aliphatic carbocycles. The first-order valence-corrected chi connectivity index (χ1v) is 6.69. The van der Waals surface area contributed by atoms with Crippen molar-refractivity contribution in [2.24, 2.45) is 0 Å². The Morgan fingerprint density at radius 3 is 2.70 bits per heavy atom. The van der Waals surface area contributed by atoms with Crippen LogP contribution in [0.2, 0.25) is 0 Å². The molecule has 1 N–H and O–H groups in total. The number of anilines is 1. The van der Waals surface area contributed by atoms with Crippen molar-refractivity contribution in [2.75, 3.05) is 18.9 Å². The van der Waals surface area contributed by atoms with Crippen LogP contribution in [-0.4, -0.2) is 29.4 Å². The van der Waals surface area contributed by atoms with Gasteiger partial charge in [-0.3, -0.25) is 9.78 Å². The maximum Gasteiger partial charge on any atom is 0.256 e. The number of pyridine rings is 1. The Balaban J connectivity index is 2.14. The molecule has 0 aliphatic heterocycles. The Morgan fingerprint density at radius 1 is 1.25 bits per heavy atom. The summed E-state index contributed by atoms with van der Waals surface area (Å²) in [6.07, 6.45) is 3.33. The molecule has 1 aromatic carbocycles. The fourth-order valence-electron chi connectivity index (χ4n) is 2.05. The molecule has 1 amide bonds. The van der Waals surface area contributed by atoms with Gasteiger partial charge < -0.3 is 10.2 Å². The number of benzene rings is 1. The Hall–Kier alpha value is -2.36. The van der Waals surface area contributed by atoms with Crippen molar-refractivity contribution in [1.29, 1.82) is 0 Å². The first-order chi connectivity index (χ1) is 9.72. The molecule has 104 valence electrons. The van der Waals surface area contributed by atoms with E-state index in [0.717, 1.165) is 17.8 Å².